The molecule has 5 nitrogen and oxygen atoms in total. The van der Waals surface area contributed by atoms with E-state index in [1.165, 1.54) is 34.5 Å². The second kappa shape index (κ2) is 9.15. The van der Waals surface area contributed by atoms with Crippen molar-refractivity contribution in [3.8, 4) is 11.3 Å². The summed E-state index contributed by atoms with van der Waals surface area (Å²) < 4.78 is 0. The molecular weight excluding hydrogens is 416 g/mol. The van der Waals surface area contributed by atoms with Gasteiger partial charge in [-0.2, -0.15) is 0 Å². The Morgan fingerprint density at radius 1 is 1.06 bits per heavy atom. The Hall–Kier alpha value is -1.31. The highest BCUT2D eigenvalue weighted by atomic mass is 32.1. The molecule has 2 atom stereocenters. The molecule has 2 unspecified atom stereocenters. The fraction of sp³-hybridized carbons (Fsp3) is 0.654. The summed E-state index contributed by atoms with van der Waals surface area (Å²) in [7, 11) is 0. The highest BCUT2D eigenvalue weighted by molar-refractivity contribution is 7.10. The van der Waals surface area contributed by atoms with E-state index in [2.05, 4.69) is 56.2 Å². The second-order valence-corrected chi connectivity index (χ2v) is 12.1. The summed E-state index contributed by atoms with van der Waals surface area (Å²) >= 11 is 1.80. The average Bonchev–Trinajstić information content (AvgIpc) is 3.27. The van der Waals surface area contributed by atoms with Gasteiger partial charge in [0.1, 0.15) is 0 Å². The van der Waals surface area contributed by atoms with Gasteiger partial charge in [0.2, 0.25) is 0 Å². The van der Waals surface area contributed by atoms with Crippen molar-refractivity contribution in [3.05, 3.63) is 39.7 Å². The lowest BCUT2D eigenvalue weighted by molar-refractivity contribution is 0.176. The van der Waals surface area contributed by atoms with E-state index < -0.39 is 0 Å². The molecule has 1 saturated heterocycles. The minimum atomic E-state index is -0.346. The maximum absolute atomic E-state index is 9.21. The molecular formula is C26H40N4OS. The van der Waals surface area contributed by atoms with Crippen LogP contribution in [0.5, 0.6) is 0 Å². The topological polar surface area (TPSA) is 88.4 Å². The van der Waals surface area contributed by atoms with E-state index in [1.807, 2.05) is 0 Å². The van der Waals surface area contributed by atoms with Crippen LogP contribution in [-0.4, -0.2) is 53.3 Å². The van der Waals surface area contributed by atoms with Crippen LogP contribution in [0.4, 0.5) is 0 Å². The van der Waals surface area contributed by atoms with Crippen LogP contribution in [0.1, 0.15) is 75.4 Å². The van der Waals surface area contributed by atoms with Crippen molar-refractivity contribution < 1.29 is 5.11 Å². The van der Waals surface area contributed by atoms with Crippen molar-refractivity contribution in [3.63, 3.8) is 0 Å². The number of fused-ring (bicyclic) bond motifs is 1. The normalized spacial score (nSPS) is 23.0. The highest BCUT2D eigenvalue weighted by Crippen LogP contribution is 2.47. The summed E-state index contributed by atoms with van der Waals surface area (Å²) in [5, 5.41) is 12.7. The molecule has 1 aliphatic heterocycles. The second-order valence-electron chi connectivity index (χ2n) is 11.2. The van der Waals surface area contributed by atoms with Crippen LogP contribution in [0.25, 0.3) is 11.3 Å². The third kappa shape index (κ3) is 4.80. The maximum atomic E-state index is 9.21. The van der Waals surface area contributed by atoms with E-state index in [9.17, 15) is 5.11 Å². The monoisotopic (exact) mass is 456 g/mol. The van der Waals surface area contributed by atoms with Gasteiger partial charge in [-0.05, 0) is 66.8 Å². The molecule has 0 radical (unpaired) electrons. The molecule has 0 amide bonds. The van der Waals surface area contributed by atoms with E-state index in [4.69, 9.17) is 16.5 Å². The summed E-state index contributed by atoms with van der Waals surface area (Å²) in [5.74, 6) is 0.515. The first kappa shape index (κ1) is 23.8. The molecule has 5 N–H and O–H groups in total. The number of aliphatic hydroxyl groups is 1. The first-order valence-corrected chi connectivity index (χ1v) is 12.9. The van der Waals surface area contributed by atoms with Crippen LogP contribution >= 0.6 is 11.3 Å². The molecule has 0 saturated carbocycles. The van der Waals surface area contributed by atoms with Crippen LogP contribution in [0.2, 0.25) is 0 Å². The SMILES string of the molecule is CC1(C)CCC(C)(C)c2cc(-c3csc(C4CCN(CC(N)C(N)CO)CC4)n3)ccc21. The smallest absolute Gasteiger partial charge is 0.0964 e. The van der Waals surface area contributed by atoms with Gasteiger partial charge in [0.05, 0.1) is 17.3 Å². The quantitative estimate of drug-likeness (QED) is 0.612. The van der Waals surface area contributed by atoms with Gasteiger partial charge in [-0.1, -0.05) is 39.8 Å². The number of nitrogens with zero attached hydrogens (tertiary/aromatic N) is 2. The Morgan fingerprint density at radius 3 is 2.38 bits per heavy atom. The third-order valence-corrected chi connectivity index (χ3v) is 8.84. The van der Waals surface area contributed by atoms with Gasteiger partial charge in [0, 0.05) is 35.5 Å². The van der Waals surface area contributed by atoms with Crippen LogP contribution in [0.3, 0.4) is 0 Å². The number of aromatic nitrogens is 1. The number of nitrogens with two attached hydrogens (primary N) is 2. The summed E-state index contributed by atoms with van der Waals surface area (Å²) in [4.78, 5) is 7.46. The lowest BCUT2D eigenvalue weighted by atomic mass is 9.63. The zero-order valence-corrected chi connectivity index (χ0v) is 20.9. The number of likely N-dealkylation sites (tertiary alicyclic amines) is 1. The molecule has 6 heteroatoms. The number of thiazole rings is 1. The first-order chi connectivity index (χ1) is 15.1. The fourth-order valence-corrected chi connectivity index (χ4v) is 6.29. The molecule has 2 aromatic rings. The Bertz CT molecular complexity index is 930. The number of rotatable bonds is 6. The van der Waals surface area contributed by atoms with Gasteiger partial charge in [0.25, 0.3) is 0 Å². The number of aliphatic hydroxyl groups excluding tert-OH is 1. The van der Waals surface area contributed by atoms with E-state index in [-0.39, 0.29) is 29.5 Å². The van der Waals surface area contributed by atoms with Gasteiger partial charge in [-0.3, -0.25) is 0 Å². The number of benzene rings is 1. The predicted molar refractivity (Wildman–Crippen MR) is 134 cm³/mol. The molecule has 4 rings (SSSR count). The van der Waals surface area contributed by atoms with Crippen LogP contribution < -0.4 is 11.5 Å². The molecule has 0 spiro atoms. The molecule has 2 aliphatic rings. The largest absolute Gasteiger partial charge is 0.395 e. The zero-order valence-electron chi connectivity index (χ0n) is 20.1. The summed E-state index contributed by atoms with van der Waals surface area (Å²) in [6.45, 7) is 12.2. The molecule has 1 aliphatic carbocycles. The van der Waals surface area contributed by atoms with Crippen LogP contribution in [0.15, 0.2) is 23.6 Å². The minimum absolute atomic E-state index is 0.0586. The zero-order chi connectivity index (χ0) is 23.1. The lowest BCUT2D eigenvalue weighted by Crippen LogP contribution is -2.51. The summed E-state index contributed by atoms with van der Waals surface area (Å²) in [5.41, 5.74) is 17.8. The van der Waals surface area contributed by atoms with E-state index in [0.717, 1.165) is 38.2 Å². The number of hydrogen-bond donors (Lipinski definition) is 3. The molecule has 32 heavy (non-hydrogen) atoms. The van der Waals surface area contributed by atoms with Gasteiger partial charge < -0.3 is 21.5 Å². The van der Waals surface area contributed by atoms with E-state index >= 15 is 0 Å². The molecule has 1 fully saturated rings. The van der Waals surface area contributed by atoms with Gasteiger partial charge in [-0.15, -0.1) is 11.3 Å². The van der Waals surface area contributed by atoms with E-state index in [1.54, 1.807) is 11.3 Å². The first-order valence-electron chi connectivity index (χ1n) is 12.1. The van der Waals surface area contributed by atoms with Crippen LogP contribution in [0, 0.1) is 0 Å². The van der Waals surface area contributed by atoms with Gasteiger partial charge in [0.15, 0.2) is 0 Å². The Balaban J connectivity index is 1.45. The number of piperidine rings is 1. The standard InChI is InChI=1S/C26H40N4OS/c1-25(2)9-10-26(3,4)20-13-18(5-6-19(20)25)23-16-32-24(29-23)17-7-11-30(12-8-17)14-21(27)22(28)15-31/h5-6,13,16-17,21-22,31H,7-12,14-15,27-28H2,1-4H3. The minimum Gasteiger partial charge on any atom is -0.395 e. The fourth-order valence-electron chi connectivity index (χ4n) is 5.29. The Kier molecular flexibility index (Phi) is 6.81. The average molecular weight is 457 g/mol. The Morgan fingerprint density at radius 2 is 1.72 bits per heavy atom. The third-order valence-electron chi connectivity index (χ3n) is 7.84. The van der Waals surface area contributed by atoms with Crippen molar-refractivity contribution in [2.45, 2.75) is 82.2 Å². The van der Waals surface area contributed by atoms with E-state index in [0.29, 0.717) is 5.92 Å². The van der Waals surface area contributed by atoms with Crippen LogP contribution in [-0.2, 0) is 10.8 Å². The van der Waals surface area contributed by atoms with Gasteiger partial charge >= 0.3 is 0 Å². The lowest BCUT2D eigenvalue weighted by Gasteiger charge is -2.42. The van der Waals surface area contributed by atoms with Crippen molar-refractivity contribution in [2.75, 3.05) is 26.2 Å². The van der Waals surface area contributed by atoms with Crippen molar-refractivity contribution >= 4 is 11.3 Å². The summed E-state index contributed by atoms with van der Waals surface area (Å²) in [6, 6.07) is 6.50. The number of hydrogen-bond acceptors (Lipinski definition) is 6. The molecule has 1 aromatic carbocycles. The molecule has 176 valence electrons. The molecule has 1 aromatic heterocycles. The highest BCUT2D eigenvalue weighted by Gasteiger charge is 2.37. The van der Waals surface area contributed by atoms with Crippen molar-refractivity contribution in [2.24, 2.45) is 11.5 Å². The predicted octanol–water partition coefficient (Wildman–Crippen LogP) is 3.99. The van der Waals surface area contributed by atoms with Gasteiger partial charge in [-0.25, -0.2) is 4.98 Å². The molecule has 0 bridgehead atoms. The molecule has 2 heterocycles. The summed E-state index contributed by atoms with van der Waals surface area (Å²) in [6.07, 6.45) is 4.66. The Labute approximate surface area is 197 Å². The van der Waals surface area contributed by atoms with Crippen molar-refractivity contribution in [1.29, 1.82) is 0 Å². The van der Waals surface area contributed by atoms with Crippen molar-refractivity contribution in [1.82, 2.24) is 9.88 Å². The maximum Gasteiger partial charge on any atom is 0.0964 e.